The number of hydrazine groups is 1. The Morgan fingerprint density at radius 3 is 2.88 bits per heavy atom. The highest BCUT2D eigenvalue weighted by Gasteiger charge is 1.79. The highest BCUT2D eigenvalue weighted by Crippen LogP contribution is 1.69. The van der Waals surface area contributed by atoms with Crippen LogP contribution in [0.25, 0.3) is 0 Å². The minimum absolute atomic E-state index is 0.761. The minimum Gasteiger partial charge on any atom is -0.301 e. The van der Waals surface area contributed by atoms with Crippen LogP contribution in [-0.4, -0.2) is 17.9 Å². The number of hydrogen-bond donors (Lipinski definition) is 1. The lowest BCUT2D eigenvalue weighted by molar-refractivity contribution is 0.480. The summed E-state index contributed by atoms with van der Waals surface area (Å²) in [7, 11) is 0. The monoisotopic (exact) mass is 113 g/mol. The topological polar surface area (TPSA) is 41.6 Å². The van der Waals surface area contributed by atoms with Crippen molar-refractivity contribution in [2.45, 2.75) is 6.92 Å². The van der Waals surface area contributed by atoms with Crippen molar-refractivity contribution in [2.75, 3.05) is 6.54 Å². The molecule has 0 rings (SSSR count). The summed E-state index contributed by atoms with van der Waals surface area (Å²) in [5.41, 5.74) is 0. The molecule has 46 valence electrons. The molecular weight excluding hydrogens is 102 g/mol. The van der Waals surface area contributed by atoms with Gasteiger partial charge in [-0.1, -0.05) is 6.58 Å². The van der Waals surface area contributed by atoms with Crippen LogP contribution in [0.4, 0.5) is 0 Å². The molecule has 0 aliphatic heterocycles. The van der Waals surface area contributed by atoms with E-state index in [0.29, 0.717) is 0 Å². The molecule has 0 bridgehead atoms. The first kappa shape index (κ1) is 7.17. The molecule has 0 aromatic rings. The lowest BCUT2D eigenvalue weighted by Crippen LogP contribution is -2.28. The van der Waals surface area contributed by atoms with E-state index in [1.807, 2.05) is 6.92 Å². The average Bonchev–Trinajstić information content (AvgIpc) is 1.83. The van der Waals surface area contributed by atoms with Crippen LogP contribution in [0.3, 0.4) is 0 Å². The lowest BCUT2D eigenvalue weighted by atomic mass is 10.7. The van der Waals surface area contributed by atoms with Crippen molar-refractivity contribution in [3.63, 3.8) is 0 Å². The molecule has 0 unspecified atom stereocenters. The first-order chi connectivity index (χ1) is 3.81. The second kappa shape index (κ2) is 4.33. The summed E-state index contributed by atoms with van der Waals surface area (Å²) in [5.74, 6) is 5.30. The van der Waals surface area contributed by atoms with Gasteiger partial charge in [-0.3, -0.25) is 0 Å². The predicted molar refractivity (Wildman–Crippen MR) is 35.3 cm³/mol. The van der Waals surface area contributed by atoms with Crippen molar-refractivity contribution in [1.82, 2.24) is 5.01 Å². The Morgan fingerprint density at radius 1 is 1.88 bits per heavy atom. The van der Waals surface area contributed by atoms with E-state index in [4.69, 9.17) is 5.84 Å². The van der Waals surface area contributed by atoms with E-state index >= 15 is 0 Å². The number of hydrogen-bond acceptors (Lipinski definition) is 2. The van der Waals surface area contributed by atoms with Crippen molar-refractivity contribution >= 4 is 6.34 Å². The molecule has 0 aliphatic rings. The largest absolute Gasteiger partial charge is 0.301 e. The molecule has 0 aromatic heterocycles. The standard InChI is InChI=1S/C5H11N3/c1-3-7-5-8(6)4-2/h3,5H,1,4,6H2,2H3. The van der Waals surface area contributed by atoms with Crippen LogP contribution in [0.15, 0.2) is 17.8 Å². The van der Waals surface area contributed by atoms with Gasteiger partial charge in [0.1, 0.15) is 6.34 Å². The smallest absolute Gasteiger partial charge is 0.104 e. The molecule has 2 N–H and O–H groups in total. The third-order valence-electron chi connectivity index (χ3n) is 0.686. The van der Waals surface area contributed by atoms with E-state index in [2.05, 4.69) is 11.6 Å². The Hall–Kier alpha value is -0.830. The van der Waals surface area contributed by atoms with Gasteiger partial charge in [0.15, 0.2) is 0 Å². The molecular formula is C5H11N3. The Kier molecular flexibility index (Phi) is 3.88. The molecule has 0 aromatic carbocycles. The van der Waals surface area contributed by atoms with Gasteiger partial charge in [0.2, 0.25) is 0 Å². The summed E-state index contributed by atoms with van der Waals surface area (Å²) in [5, 5.41) is 1.47. The van der Waals surface area contributed by atoms with Gasteiger partial charge in [0.25, 0.3) is 0 Å². The van der Waals surface area contributed by atoms with Crippen LogP contribution in [0.2, 0.25) is 0 Å². The minimum atomic E-state index is 0.761. The summed E-state index contributed by atoms with van der Waals surface area (Å²) in [6, 6.07) is 0. The molecule has 0 atom stereocenters. The van der Waals surface area contributed by atoms with Crippen LogP contribution >= 0.6 is 0 Å². The van der Waals surface area contributed by atoms with Crippen LogP contribution in [-0.2, 0) is 0 Å². The van der Waals surface area contributed by atoms with Crippen molar-refractivity contribution in [3.05, 3.63) is 12.8 Å². The quantitative estimate of drug-likeness (QED) is 0.248. The summed E-state index contributed by atoms with van der Waals surface area (Å²) < 4.78 is 0. The van der Waals surface area contributed by atoms with E-state index in [0.717, 1.165) is 6.54 Å². The highest BCUT2D eigenvalue weighted by atomic mass is 15.4. The summed E-state index contributed by atoms with van der Waals surface area (Å²) >= 11 is 0. The fourth-order valence-electron chi connectivity index (χ4n) is 0.214. The average molecular weight is 113 g/mol. The third kappa shape index (κ3) is 3.36. The van der Waals surface area contributed by atoms with Crippen molar-refractivity contribution < 1.29 is 0 Å². The van der Waals surface area contributed by atoms with Gasteiger partial charge < -0.3 is 5.01 Å². The van der Waals surface area contributed by atoms with Gasteiger partial charge in [-0.25, -0.2) is 10.8 Å². The first-order valence-corrected chi connectivity index (χ1v) is 2.46. The summed E-state index contributed by atoms with van der Waals surface area (Å²) in [4.78, 5) is 3.68. The second-order valence-corrected chi connectivity index (χ2v) is 1.28. The SMILES string of the molecule is C=CN=CN(N)CC. The Bertz CT molecular complexity index is 87.7. The third-order valence-corrected chi connectivity index (χ3v) is 0.686. The molecule has 8 heavy (non-hydrogen) atoms. The number of aliphatic imine (C=N–C) groups is 1. The van der Waals surface area contributed by atoms with Crippen molar-refractivity contribution in [2.24, 2.45) is 10.8 Å². The van der Waals surface area contributed by atoms with Gasteiger partial charge in [0.05, 0.1) is 0 Å². The first-order valence-electron chi connectivity index (χ1n) is 2.46. The van der Waals surface area contributed by atoms with Crippen LogP contribution in [0.1, 0.15) is 6.92 Å². The van der Waals surface area contributed by atoms with Crippen molar-refractivity contribution in [1.29, 1.82) is 0 Å². The molecule has 0 spiro atoms. The molecule has 0 saturated heterocycles. The molecule has 0 heterocycles. The van der Waals surface area contributed by atoms with Gasteiger partial charge in [-0.15, -0.1) is 0 Å². The fraction of sp³-hybridized carbons (Fsp3) is 0.400. The normalized spacial score (nSPS) is 9.75. The Morgan fingerprint density at radius 2 is 2.50 bits per heavy atom. The number of nitrogens with zero attached hydrogens (tertiary/aromatic N) is 2. The highest BCUT2D eigenvalue weighted by molar-refractivity contribution is 5.54. The van der Waals surface area contributed by atoms with E-state index in [9.17, 15) is 0 Å². The van der Waals surface area contributed by atoms with Gasteiger partial charge in [0, 0.05) is 12.7 Å². The maximum Gasteiger partial charge on any atom is 0.104 e. The molecule has 0 saturated carbocycles. The molecule has 0 aliphatic carbocycles. The predicted octanol–water partition coefficient (Wildman–Crippen LogP) is 0.354. The molecule has 3 heteroatoms. The molecule has 0 radical (unpaired) electrons. The van der Waals surface area contributed by atoms with E-state index in [1.54, 1.807) is 0 Å². The maximum atomic E-state index is 5.30. The molecule has 0 amide bonds. The maximum absolute atomic E-state index is 5.30. The molecule has 0 fully saturated rings. The van der Waals surface area contributed by atoms with Gasteiger partial charge >= 0.3 is 0 Å². The van der Waals surface area contributed by atoms with Crippen LogP contribution in [0, 0.1) is 0 Å². The second-order valence-electron chi connectivity index (χ2n) is 1.28. The lowest BCUT2D eigenvalue weighted by Gasteiger charge is -2.05. The van der Waals surface area contributed by atoms with Gasteiger partial charge in [-0.05, 0) is 6.92 Å². The van der Waals surface area contributed by atoms with Gasteiger partial charge in [-0.2, -0.15) is 0 Å². The van der Waals surface area contributed by atoms with Crippen LogP contribution in [0.5, 0.6) is 0 Å². The van der Waals surface area contributed by atoms with Crippen LogP contribution < -0.4 is 5.84 Å². The zero-order valence-electron chi connectivity index (χ0n) is 5.04. The number of rotatable bonds is 3. The van der Waals surface area contributed by atoms with E-state index < -0.39 is 0 Å². The van der Waals surface area contributed by atoms with Crippen molar-refractivity contribution in [3.8, 4) is 0 Å². The summed E-state index contributed by atoms with van der Waals surface area (Å²) in [6.45, 7) is 6.09. The van der Waals surface area contributed by atoms with E-state index in [-0.39, 0.29) is 0 Å². The fourth-order valence-corrected chi connectivity index (χ4v) is 0.214. The zero-order valence-corrected chi connectivity index (χ0v) is 5.04. The number of nitrogens with two attached hydrogens (primary N) is 1. The zero-order chi connectivity index (χ0) is 6.41. The molecule has 3 nitrogen and oxygen atoms in total. The summed E-state index contributed by atoms with van der Waals surface area (Å²) in [6.07, 6.45) is 2.96. The van der Waals surface area contributed by atoms with E-state index in [1.165, 1.54) is 17.5 Å². The Balaban J connectivity index is 3.35. The Labute approximate surface area is 49.5 Å².